The number of aliphatic hydroxyl groups is 1. The lowest BCUT2D eigenvalue weighted by molar-refractivity contribution is 0.280. The van der Waals surface area contributed by atoms with Crippen LogP contribution in [0.2, 0.25) is 10.0 Å². The van der Waals surface area contributed by atoms with Crippen molar-refractivity contribution in [1.82, 2.24) is 15.0 Å². The Bertz CT molecular complexity index is 620. The molecule has 7 heteroatoms. The van der Waals surface area contributed by atoms with Crippen molar-refractivity contribution in [2.45, 2.75) is 45.1 Å². The summed E-state index contributed by atoms with van der Waals surface area (Å²) in [6.45, 7) is 1.67. The van der Waals surface area contributed by atoms with Crippen LogP contribution in [0.15, 0.2) is 24.4 Å². The Hall–Kier alpha value is -1.30. The molecule has 0 atom stereocenters. The van der Waals surface area contributed by atoms with Gasteiger partial charge in [-0.3, -0.25) is 4.68 Å². The maximum Gasteiger partial charge on any atom is 0.137 e. The van der Waals surface area contributed by atoms with Crippen LogP contribution in [0.1, 0.15) is 37.8 Å². The summed E-state index contributed by atoms with van der Waals surface area (Å²) >= 11 is 11.9. The summed E-state index contributed by atoms with van der Waals surface area (Å²) in [5.41, 5.74) is 1.01. The van der Waals surface area contributed by atoms with Gasteiger partial charge < -0.3 is 9.84 Å². The van der Waals surface area contributed by atoms with Crippen molar-refractivity contribution in [1.29, 1.82) is 0 Å². The van der Waals surface area contributed by atoms with Gasteiger partial charge in [0, 0.05) is 24.4 Å². The molecule has 1 aromatic carbocycles. The number of aryl methyl sites for hydroxylation is 2. The number of aliphatic hydroxyl groups excluding tert-OH is 1. The number of rotatable bonds is 11. The topological polar surface area (TPSA) is 60.2 Å². The van der Waals surface area contributed by atoms with Gasteiger partial charge >= 0.3 is 0 Å². The predicted molar refractivity (Wildman–Crippen MR) is 95.9 cm³/mol. The van der Waals surface area contributed by atoms with Crippen LogP contribution in [-0.4, -0.2) is 33.3 Å². The smallest absolute Gasteiger partial charge is 0.137 e. The number of unbranched alkanes of at least 4 members (excludes halogenated alkanes) is 3. The Balaban J connectivity index is 1.58. The van der Waals surface area contributed by atoms with Gasteiger partial charge in [0.1, 0.15) is 5.75 Å². The molecule has 0 saturated heterocycles. The van der Waals surface area contributed by atoms with E-state index in [0.717, 1.165) is 50.8 Å². The third-order valence-corrected chi connectivity index (χ3v) is 4.14. The third kappa shape index (κ3) is 6.67. The first-order valence-corrected chi connectivity index (χ1v) is 9.02. The van der Waals surface area contributed by atoms with Gasteiger partial charge in [0.05, 0.1) is 17.3 Å². The van der Waals surface area contributed by atoms with Crippen LogP contribution in [0.25, 0.3) is 0 Å². The van der Waals surface area contributed by atoms with E-state index < -0.39 is 0 Å². The van der Waals surface area contributed by atoms with E-state index in [4.69, 9.17) is 33.0 Å². The fourth-order valence-corrected chi connectivity index (χ4v) is 2.77. The maximum atomic E-state index is 8.77. The normalized spacial score (nSPS) is 11.0. The molecule has 1 aromatic heterocycles. The number of hydrogen-bond donors (Lipinski definition) is 1. The summed E-state index contributed by atoms with van der Waals surface area (Å²) in [5.74, 6) is 0.673. The van der Waals surface area contributed by atoms with Crippen molar-refractivity contribution in [3.63, 3.8) is 0 Å². The number of ether oxygens (including phenoxy) is 1. The van der Waals surface area contributed by atoms with Gasteiger partial charge in [-0.2, -0.15) is 0 Å². The molecule has 2 rings (SSSR count). The van der Waals surface area contributed by atoms with Crippen LogP contribution in [0.5, 0.6) is 5.75 Å². The fraction of sp³-hybridized carbons (Fsp3) is 0.529. The van der Waals surface area contributed by atoms with Crippen LogP contribution in [0, 0.1) is 0 Å². The highest BCUT2D eigenvalue weighted by atomic mass is 35.5. The van der Waals surface area contributed by atoms with E-state index in [1.807, 2.05) is 10.9 Å². The highest BCUT2D eigenvalue weighted by molar-refractivity contribution is 6.35. The van der Waals surface area contributed by atoms with E-state index >= 15 is 0 Å². The summed E-state index contributed by atoms with van der Waals surface area (Å²) in [7, 11) is 0. The summed E-state index contributed by atoms with van der Waals surface area (Å²) in [5, 5.41) is 18.2. The monoisotopic (exact) mass is 371 g/mol. The lowest BCUT2D eigenvalue weighted by Gasteiger charge is -2.07. The number of aromatic nitrogens is 3. The first-order chi connectivity index (χ1) is 11.7. The first kappa shape index (κ1) is 19.0. The van der Waals surface area contributed by atoms with Crippen LogP contribution >= 0.6 is 23.2 Å². The molecular formula is C17H23Cl2N3O2. The standard InChI is InChI=1S/C17H23Cl2N3O2/c18-14-7-8-17(16(19)12-14)24-11-5-1-2-6-15-13-22(21-20-15)9-3-4-10-23/h7-8,12-13,23H,1-6,9-11H2. The minimum atomic E-state index is 0.227. The van der Waals surface area contributed by atoms with Gasteiger partial charge in [-0.1, -0.05) is 28.4 Å². The molecule has 0 unspecified atom stereocenters. The Labute approximate surface area is 152 Å². The SMILES string of the molecule is OCCCCn1cc(CCCCCOc2ccc(Cl)cc2Cl)nn1. The molecule has 1 heterocycles. The zero-order valence-electron chi connectivity index (χ0n) is 13.6. The van der Waals surface area contributed by atoms with Crippen molar-refractivity contribution < 1.29 is 9.84 Å². The Morgan fingerprint density at radius 3 is 2.75 bits per heavy atom. The molecule has 1 N–H and O–H groups in total. The highest BCUT2D eigenvalue weighted by Crippen LogP contribution is 2.27. The van der Waals surface area contributed by atoms with Crippen LogP contribution < -0.4 is 4.74 Å². The van der Waals surface area contributed by atoms with Gasteiger partial charge in [-0.25, -0.2) is 0 Å². The molecule has 2 aromatic rings. The molecule has 24 heavy (non-hydrogen) atoms. The predicted octanol–water partition coefficient (Wildman–Crippen LogP) is 4.15. The van der Waals surface area contributed by atoms with Gasteiger partial charge in [0.2, 0.25) is 0 Å². The molecule has 0 spiro atoms. The first-order valence-electron chi connectivity index (χ1n) is 8.27. The summed E-state index contributed by atoms with van der Waals surface area (Å²) in [6.07, 6.45) is 7.69. The van der Waals surface area contributed by atoms with E-state index in [1.54, 1.807) is 18.2 Å². The molecule has 132 valence electrons. The molecule has 0 amide bonds. The molecule has 0 aliphatic carbocycles. The van der Waals surface area contributed by atoms with Gasteiger partial charge in [-0.05, 0) is 56.7 Å². The lowest BCUT2D eigenvalue weighted by atomic mass is 10.1. The van der Waals surface area contributed by atoms with E-state index in [-0.39, 0.29) is 6.61 Å². The molecule has 0 bridgehead atoms. The molecular weight excluding hydrogens is 349 g/mol. The van der Waals surface area contributed by atoms with Crippen molar-refractivity contribution in [2.24, 2.45) is 0 Å². The van der Waals surface area contributed by atoms with E-state index in [0.29, 0.717) is 22.4 Å². The second-order valence-electron chi connectivity index (χ2n) is 5.64. The largest absolute Gasteiger partial charge is 0.492 e. The van der Waals surface area contributed by atoms with E-state index in [2.05, 4.69) is 10.3 Å². The van der Waals surface area contributed by atoms with E-state index in [1.165, 1.54) is 0 Å². The summed E-state index contributed by atoms with van der Waals surface area (Å²) in [4.78, 5) is 0. The van der Waals surface area contributed by atoms with Crippen molar-refractivity contribution in [2.75, 3.05) is 13.2 Å². The molecule has 0 saturated carbocycles. The molecule has 0 aliphatic heterocycles. The van der Waals surface area contributed by atoms with Crippen molar-refractivity contribution >= 4 is 23.2 Å². The number of hydrogen-bond acceptors (Lipinski definition) is 4. The molecule has 0 aliphatic rings. The van der Waals surface area contributed by atoms with Gasteiger partial charge in [-0.15, -0.1) is 5.10 Å². The van der Waals surface area contributed by atoms with Gasteiger partial charge in [0.15, 0.2) is 0 Å². The maximum absolute atomic E-state index is 8.77. The van der Waals surface area contributed by atoms with Crippen LogP contribution in [-0.2, 0) is 13.0 Å². The minimum absolute atomic E-state index is 0.227. The molecule has 5 nitrogen and oxygen atoms in total. The average Bonchev–Trinajstić information content (AvgIpc) is 3.00. The molecule has 0 radical (unpaired) electrons. The van der Waals surface area contributed by atoms with Crippen molar-refractivity contribution in [3.8, 4) is 5.75 Å². The average molecular weight is 372 g/mol. The second-order valence-corrected chi connectivity index (χ2v) is 6.48. The molecule has 0 fully saturated rings. The van der Waals surface area contributed by atoms with Crippen LogP contribution in [0.3, 0.4) is 0 Å². The second kappa shape index (κ2) is 10.5. The highest BCUT2D eigenvalue weighted by Gasteiger charge is 2.03. The Kier molecular flexibility index (Phi) is 8.36. The number of benzene rings is 1. The Morgan fingerprint density at radius 2 is 1.96 bits per heavy atom. The summed E-state index contributed by atoms with van der Waals surface area (Å²) < 4.78 is 7.50. The number of nitrogens with zero attached hydrogens (tertiary/aromatic N) is 3. The number of halogens is 2. The quantitative estimate of drug-likeness (QED) is 0.602. The fourth-order valence-electron chi connectivity index (χ4n) is 2.31. The Morgan fingerprint density at radius 1 is 1.08 bits per heavy atom. The lowest BCUT2D eigenvalue weighted by Crippen LogP contribution is -1.99. The minimum Gasteiger partial charge on any atom is -0.492 e. The zero-order chi connectivity index (χ0) is 17.2. The van der Waals surface area contributed by atoms with Crippen molar-refractivity contribution in [3.05, 3.63) is 40.1 Å². The third-order valence-electron chi connectivity index (χ3n) is 3.61. The summed E-state index contributed by atoms with van der Waals surface area (Å²) in [6, 6.07) is 5.24. The van der Waals surface area contributed by atoms with E-state index in [9.17, 15) is 0 Å². The zero-order valence-corrected chi connectivity index (χ0v) is 15.1. The van der Waals surface area contributed by atoms with Crippen LogP contribution in [0.4, 0.5) is 0 Å². The van der Waals surface area contributed by atoms with Gasteiger partial charge in [0.25, 0.3) is 0 Å².